The van der Waals surface area contributed by atoms with Gasteiger partial charge in [-0.2, -0.15) is 5.10 Å². The summed E-state index contributed by atoms with van der Waals surface area (Å²) in [6.07, 6.45) is 6.49. The highest BCUT2D eigenvalue weighted by Gasteiger charge is 2.58. The lowest BCUT2D eigenvalue weighted by Gasteiger charge is -2.60. The van der Waals surface area contributed by atoms with E-state index in [0.29, 0.717) is 18.1 Å². The average molecular weight is 509 g/mol. The number of rotatable bonds is 4. The van der Waals surface area contributed by atoms with Crippen molar-refractivity contribution in [3.05, 3.63) is 48.3 Å². The van der Waals surface area contributed by atoms with Gasteiger partial charge in [0.25, 0.3) is 0 Å². The fourth-order valence-electron chi connectivity index (χ4n) is 4.78. The average Bonchev–Trinajstić information content (AvgIpc) is 3.26. The van der Waals surface area contributed by atoms with Crippen LogP contribution in [0.25, 0.3) is 5.69 Å². The van der Waals surface area contributed by atoms with Gasteiger partial charge in [-0.05, 0) is 43.5 Å². The lowest BCUT2D eigenvalue weighted by molar-refractivity contribution is -0.188. The molecule has 1 aromatic carbocycles. The molecule has 1 saturated carbocycles. The molecule has 0 spiro atoms. The van der Waals surface area contributed by atoms with Crippen LogP contribution >= 0.6 is 24.0 Å². The lowest BCUT2D eigenvalue weighted by atomic mass is 9.55. The summed E-state index contributed by atoms with van der Waals surface area (Å²) >= 11 is 0. The largest absolute Gasteiger partial charge is 0.377 e. The van der Waals surface area contributed by atoms with Crippen LogP contribution in [-0.4, -0.2) is 41.5 Å². The highest BCUT2D eigenvalue weighted by atomic mass is 127. The van der Waals surface area contributed by atoms with Crippen molar-refractivity contribution in [1.29, 1.82) is 0 Å². The maximum Gasteiger partial charge on any atom is 0.191 e. The van der Waals surface area contributed by atoms with Crippen LogP contribution < -0.4 is 10.6 Å². The Morgan fingerprint density at radius 1 is 1.34 bits per heavy atom. The molecule has 2 aliphatic rings. The second-order valence-electron chi connectivity index (χ2n) is 8.52. The Bertz CT molecular complexity index is 835. The van der Waals surface area contributed by atoms with Crippen LogP contribution in [0.5, 0.6) is 0 Å². The minimum atomic E-state index is 0. The van der Waals surface area contributed by atoms with Crippen molar-refractivity contribution in [2.24, 2.45) is 16.3 Å². The Kier molecular flexibility index (Phi) is 6.88. The molecule has 4 atom stereocenters. The third kappa shape index (κ3) is 4.30. The molecule has 1 aliphatic heterocycles. The number of benzene rings is 1. The maximum atomic E-state index is 6.03. The number of hydrogen-bond acceptors (Lipinski definition) is 3. The highest BCUT2D eigenvalue weighted by Crippen LogP contribution is 2.51. The summed E-state index contributed by atoms with van der Waals surface area (Å²) in [5, 5.41) is 11.6. The van der Waals surface area contributed by atoms with E-state index in [1.54, 1.807) is 6.20 Å². The third-order valence-electron chi connectivity index (χ3n) is 6.34. The maximum absolute atomic E-state index is 6.03. The molecule has 2 N–H and O–H groups in total. The van der Waals surface area contributed by atoms with Gasteiger partial charge in [0.2, 0.25) is 0 Å². The Labute approximate surface area is 190 Å². The molecule has 1 aromatic heterocycles. The van der Waals surface area contributed by atoms with Crippen molar-refractivity contribution in [2.45, 2.75) is 51.8 Å². The molecule has 7 heteroatoms. The molecule has 2 heterocycles. The van der Waals surface area contributed by atoms with Crippen molar-refractivity contribution >= 4 is 29.9 Å². The van der Waals surface area contributed by atoms with Crippen LogP contribution in [0.2, 0.25) is 0 Å². The zero-order chi connectivity index (χ0) is 19.7. The number of nitrogens with zero attached hydrogens (tertiary/aromatic N) is 3. The lowest BCUT2D eigenvalue weighted by Crippen LogP contribution is -2.71. The van der Waals surface area contributed by atoms with Gasteiger partial charge in [-0.3, -0.25) is 4.99 Å². The first-order chi connectivity index (χ1) is 13.5. The highest BCUT2D eigenvalue weighted by molar-refractivity contribution is 14.0. The normalized spacial score (nSPS) is 26.5. The second kappa shape index (κ2) is 9.04. The fraction of sp³-hybridized carbons (Fsp3) is 0.545. The topological polar surface area (TPSA) is 63.5 Å². The van der Waals surface area contributed by atoms with E-state index in [2.05, 4.69) is 65.8 Å². The van der Waals surface area contributed by atoms with Crippen LogP contribution in [0.15, 0.2) is 47.7 Å². The van der Waals surface area contributed by atoms with Crippen LogP contribution in [0.1, 0.15) is 45.2 Å². The summed E-state index contributed by atoms with van der Waals surface area (Å²) in [5.41, 5.74) is 2.37. The standard InChI is InChI=1S/C22H31N5O.HI/c1-15(16-8-5-9-17(14-16)27-12-7-11-24-27)25-21(23-4)26-19-18-10-6-13-28-20(18)22(19,2)3;/h5,7-9,11-12,14-15,18-20H,6,10,13H2,1-4H3,(H2,23,25,26);1H. The summed E-state index contributed by atoms with van der Waals surface area (Å²) in [4.78, 5) is 4.49. The van der Waals surface area contributed by atoms with Crippen molar-refractivity contribution in [3.8, 4) is 5.69 Å². The summed E-state index contributed by atoms with van der Waals surface area (Å²) in [6, 6.07) is 10.9. The first-order valence-corrected chi connectivity index (χ1v) is 10.2. The van der Waals surface area contributed by atoms with Gasteiger partial charge >= 0.3 is 0 Å². The van der Waals surface area contributed by atoms with Crippen molar-refractivity contribution < 1.29 is 4.74 Å². The van der Waals surface area contributed by atoms with E-state index >= 15 is 0 Å². The molecule has 0 radical (unpaired) electrons. The third-order valence-corrected chi connectivity index (χ3v) is 6.34. The molecule has 2 aromatic rings. The van der Waals surface area contributed by atoms with Crippen LogP contribution in [0.4, 0.5) is 0 Å². The summed E-state index contributed by atoms with van der Waals surface area (Å²) < 4.78 is 7.91. The van der Waals surface area contributed by atoms with E-state index in [1.807, 2.05) is 24.0 Å². The van der Waals surface area contributed by atoms with Gasteiger partial charge in [-0.25, -0.2) is 4.68 Å². The van der Waals surface area contributed by atoms with E-state index in [1.165, 1.54) is 12.0 Å². The van der Waals surface area contributed by atoms with Crippen LogP contribution in [0, 0.1) is 11.3 Å². The summed E-state index contributed by atoms with van der Waals surface area (Å²) in [7, 11) is 1.84. The molecule has 0 amide bonds. The Morgan fingerprint density at radius 3 is 2.90 bits per heavy atom. The Hall–Kier alpha value is -1.61. The number of aliphatic imine (C=N–C) groups is 1. The number of hydrogen-bond donors (Lipinski definition) is 2. The van der Waals surface area contributed by atoms with Crippen molar-refractivity contribution in [2.75, 3.05) is 13.7 Å². The predicted octanol–water partition coefficient (Wildman–Crippen LogP) is 3.92. The van der Waals surface area contributed by atoms with Crippen LogP contribution in [-0.2, 0) is 4.74 Å². The Balaban J connectivity index is 0.00000240. The molecule has 0 bridgehead atoms. The number of aromatic nitrogens is 2. The monoisotopic (exact) mass is 509 g/mol. The zero-order valence-electron chi connectivity index (χ0n) is 17.6. The molecule has 6 nitrogen and oxygen atoms in total. The molecule has 4 unspecified atom stereocenters. The minimum absolute atomic E-state index is 0. The molecule has 2 fully saturated rings. The fourth-order valence-corrected chi connectivity index (χ4v) is 4.78. The molecular formula is C22H32IN5O. The quantitative estimate of drug-likeness (QED) is 0.373. The molecule has 4 rings (SSSR count). The van der Waals surface area contributed by atoms with Crippen molar-refractivity contribution in [3.63, 3.8) is 0 Å². The molecular weight excluding hydrogens is 477 g/mol. The number of halogens is 1. The van der Waals surface area contributed by atoms with Gasteiger partial charge < -0.3 is 15.4 Å². The SMILES string of the molecule is CN=C(NC(C)c1cccc(-n2cccn2)c1)NC1C2CCCOC2C1(C)C.I. The number of ether oxygens (including phenoxy) is 1. The molecule has 29 heavy (non-hydrogen) atoms. The zero-order valence-corrected chi connectivity index (χ0v) is 20.0. The van der Waals surface area contributed by atoms with E-state index in [-0.39, 0.29) is 35.4 Å². The molecule has 158 valence electrons. The van der Waals surface area contributed by atoms with Crippen molar-refractivity contribution in [1.82, 2.24) is 20.4 Å². The summed E-state index contributed by atoms with van der Waals surface area (Å²) in [6.45, 7) is 7.64. The van der Waals surface area contributed by atoms with E-state index < -0.39 is 0 Å². The second-order valence-corrected chi connectivity index (χ2v) is 8.52. The number of guanidine groups is 1. The smallest absolute Gasteiger partial charge is 0.191 e. The van der Waals surface area contributed by atoms with Gasteiger partial charge in [0.15, 0.2) is 5.96 Å². The minimum Gasteiger partial charge on any atom is -0.377 e. The first-order valence-electron chi connectivity index (χ1n) is 10.2. The number of nitrogens with one attached hydrogen (secondary N) is 2. The van der Waals surface area contributed by atoms with Gasteiger partial charge in [-0.15, -0.1) is 24.0 Å². The van der Waals surface area contributed by atoms with Gasteiger partial charge in [0.1, 0.15) is 0 Å². The van der Waals surface area contributed by atoms with E-state index in [9.17, 15) is 0 Å². The number of fused-ring (bicyclic) bond motifs is 1. The van der Waals surface area contributed by atoms with Crippen LogP contribution in [0.3, 0.4) is 0 Å². The van der Waals surface area contributed by atoms with Gasteiger partial charge in [0.05, 0.1) is 17.8 Å². The first kappa shape index (κ1) is 22.1. The van der Waals surface area contributed by atoms with Gasteiger partial charge in [-0.1, -0.05) is 26.0 Å². The summed E-state index contributed by atoms with van der Waals surface area (Å²) in [5.74, 6) is 1.42. The Morgan fingerprint density at radius 2 is 2.17 bits per heavy atom. The van der Waals surface area contributed by atoms with E-state index in [4.69, 9.17) is 4.74 Å². The molecule has 1 saturated heterocycles. The molecule has 1 aliphatic carbocycles. The van der Waals surface area contributed by atoms with E-state index in [0.717, 1.165) is 24.7 Å². The van der Waals surface area contributed by atoms with Gasteiger partial charge in [0, 0.05) is 43.4 Å². The predicted molar refractivity (Wildman–Crippen MR) is 127 cm³/mol.